The van der Waals surface area contributed by atoms with Gasteiger partial charge in [-0.25, -0.2) is 4.68 Å². The Bertz CT molecular complexity index is 522. The minimum absolute atomic E-state index is 0.0642. The van der Waals surface area contributed by atoms with Crippen LogP contribution in [-0.4, -0.2) is 14.9 Å². The molecule has 0 unspecified atom stereocenters. The van der Waals surface area contributed by atoms with Crippen LogP contribution in [0.2, 0.25) is 0 Å². The lowest BCUT2D eigenvalue weighted by molar-refractivity contribution is 0.476. The number of benzene rings is 1. The molecule has 0 atom stereocenters. The first-order valence-electron chi connectivity index (χ1n) is 4.53. The zero-order valence-electron chi connectivity index (χ0n) is 8.11. The Balaban J connectivity index is 2.87. The summed E-state index contributed by atoms with van der Waals surface area (Å²) in [6.07, 6.45) is 0. The zero-order chi connectivity index (χ0) is 10.3. The van der Waals surface area contributed by atoms with Crippen LogP contribution in [0.1, 0.15) is 19.9 Å². The lowest BCUT2D eigenvalue weighted by Crippen LogP contribution is -2.18. The number of aromatic amines is 1. The van der Waals surface area contributed by atoms with E-state index in [4.69, 9.17) is 0 Å². The molecule has 0 aliphatic heterocycles. The number of rotatable bonds is 1. The summed E-state index contributed by atoms with van der Waals surface area (Å²) in [5, 5.41) is 12.9. The molecule has 0 saturated carbocycles. The number of fused-ring (bicyclic) bond motifs is 1. The molecule has 0 fully saturated rings. The SMILES string of the molecule is CC(C)n1[nH]c2c(O)cccc2c1=O. The van der Waals surface area contributed by atoms with Gasteiger partial charge in [-0.15, -0.1) is 0 Å². The van der Waals surface area contributed by atoms with Crippen molar-refractivity contribution in [2.45, 2.75) is 19.9 Å². The molecule has 14 heavy (non-hydrogen) atoms. The summed E-state index contributed by atoms with van der Waals surface area (Å²) < 4.78 is 1.50. The highest BCUT2D eigenvalue weighted by Crippen LogP contribution is 2.20. The smallest absolute Gasteiger partial charge is 0.274 e. The molecule has 0 aliphatic rings. The van der Waals surface area contributed by atoms with E-state index in [-0.39, 0.29) is 17.4 Å². The number of aromatic hydroxyl groups is 1. The minimum Gasteiger partial charge on any atom is -0.506 e. The monoisotopic (exact) mass is 192 g/mol. The predicted octanol–water partition coefficient (Wildman–Crippen LogP) is 1.62. The number of hydrogen-bond donors (Lipinski definition) is 2. The fraction of sp³-hybridized carbons (Fsp3) is 0.300. The summed E-state index contributed by atoms with van der Waals surface area (Å²) >= 11 is 0. The number of para-hydroxylation sites is 1. The molecule has 4 nitrogen and oxygen atoms in total. The summed E-state index contributed by atoms with van der Waals surface area (Å²) in [7, 11) is 0. The van der Waals surface area contributed by atoms with E-state index in [0.29, 0.717) is 10.9 Å². The molecule has 0 bridgehead atoms. The summed E-state index contributed by atoms with van der Waals surface area (Å²) in [5.74, 6) is 0.110. The predicted molar refractivity (Wildman–Crippen MR) is 54.6 cm³/mol. The molecule has 0 radical (unpaired) electrons. The highest BCUT2D eigenvalue weighted by molar-refractivity contribution is 5.83. The molecule has 0 aliphatic carbocycles. The number of H-pyrrole nitrogens is 1. The van der Waals surface area contributed by atoms with E-state index in [1.807, 2.05) is 13.8 Å². The van der Waals surface area contributed by atoms with E-state index in [2.05, 4.69) is 5.10 Å². The van der Waals surface area contributed by atoms with Crippen LogP contribution in [0.25, 0.3) is 10.9 Å². The van der Waals surface area contributed by atoms with Crippen molar-refractivity contribution >= 4 is 10.9 Å². The van der Waals surface area contributed by atoms with Crippen LogP contribution < -0.4 is 5.56 Å². The van der Waals surface area contributed by atoms with Crippen LogP contribution in [-0.2, 0) is 0 Å². The highest BCUT2D eigenvalue weighted by atomic mass is 16.3. The minimum atomic E-state index is -0.0918. The third-order valence-corrected chi connectivity index (χ3v) is 2.24. The van der Waals surface area contributed by atoms with Crippen LogP contribution in [0, 0.1) is 0 Å². The van der Waals surface area contributed by atoms with Crippen LogP contribution in [0.4, 0.5) is 0 Å². The van der Waals surface area contributed by atoms with Crippen LogP contribution >= 0.6 is 0 Å². The largest absolute Gasteiger partial charge is 0.506 e. The average molecular weight is 192 g/mol. The second-order valence-corrected chi connectivity index (χ2v) is 3.58. The highest BCUT2D eigenvalue weighted by Gasteiger charge is 2.10. The molecule has 0 saturated heterocycles. The van der Waals surface area contributed by atoms with E-state index >= 15 is 0 Å². The molecule has 2 rings (SSSR count). The van der Waals surface area contributed by atoms with E-state index in [1.54, 1.807) is 18.2 Å². The molecular weight excluding hydrogens is 180 g/mol. The summed E-state index contributed by atoms with van der Waals surface area (Å²) in [4.78, 5) is 11.7. The number of nitrogens with one attached hydrogen (secondary N) is 1. The Morgan fingerprint density at radius 1 is 1.43 bits per heavy atom. The van der Waals surface area contributed by atoms with Gasteiger partial charge in [0.05, 0.1) is 5.39 Å². The maximum Gasteiger partial charge on any atom is 0.274 e. The Morgan fingerprint density at radius 2 is 2.14 bits per heavy atom. The van der Waals surface area contributed by atoms with Crippen molar-refractivity contribution in [1.29, 1.82) is 0 Å². The third-order valence-electron chi connectivity index (χ3n) is 2.24. The molecule has 1 heterocycles. The summed E-state index contributed by atoms with van der Waals surface area (Å²) in [6, 6.07) is 4.99. The van der Waals surface area contributed by atoms with Crippen molar-refractivity contribution < 1.29 is 5.11 Å². The number of nitrogens with zero attached hydrogens (tertiary/aromatic N) is 1. The van der Waals surface area contributed by atoms with Gasteiger partial charge in [-0.3, -0.25) is 9.89 Å². The van der Waals surface area contributed by atoms with Crippen molar-refractivity contribution in [3.63, 3.8) is 0 Å². The van der Waals surface area contributed by atoms with E-state index in [1.165, 1.54) is 4.68 Å². The summed E-state index contributed by atoms with van der Waals surface area (Å²) in [5.41, 5.74) is 0.414. The van der Waals surface area contributed by atoms with Gasteiger partial charge in [0.25, 0.3) is 5.56 Å². The molecule has 2 aromatic rings. The van der Waals surface area contributed by atoms with Crippen LogP contribution in [0.5, 0.6) is 5.75 Å². The van der Waals surface area contributed by atoms with Crippen molar-refractivity contribution in [3.05, 3.63) is 28.6 Å². The van der Waals surface area contributed by atoms with Gasteiger partial charge >= 0.3 is 0 Å². The molecule has 2 N–H and O–H groups in total. The van der Waals surface area contributed by atoms with Crippen molar-refractivity contribution in [2.24, 2.45) is 0 Å². The molecule has 1 aromatic heterocycles. The second-order valence-electron chi connectivity index (χ2n) is 3.58. The fourth-order valence-electron chi connectivity index (χ4n) is 1.50. The van der Waals surface area contributed by atoms with Crippen molar-refractivity contribution in [3.8, 4) is 5.75 Å². The average Bonchev–Trinajstić information content (AvgIpc) is 2.46. The number of phenols is 1. The second kappa shape index (κ2) is 2.90. The number of hydrogen-bond acceptors (Lipinski definition) is 2. The van der Waals surface area contributed by atoms with Gasteiger partial charge in [0.15, 0.2) is 0 Å². The van der Waals surface area contributed by atoms with Gasteiger partial charge in [0.2, 0.25) is 0 Å². The van der Waals surface area contributed by atoms with Gasteiger partial charge in [-0.2, -0.15) is 0 Å². The molecule has 74 valence electrons. The zero-order valence-corrected chi connectivity index (χ0v) is 8.11. The lowest BCUT2D eigenvalue weighted by atomic mass is 10.2. The Hall–Kier alpha value is -1.71. The number of phenolic OH excluding ortho intramolecular Hbond substituents is 1. The third kappa shape index (κ3) is 1.11. The first-order chi connectivity index (χ1) is 6.61. The topological polar surface area (TPSA) is 58.0 Å². The van der Waals surface area contributed by atoms with Gasteiger partial charge in [0, 0.05) is 6.04 Å². The molecule has 0 amide bonds. The van der Waals surface area contributed by atoms with Gasteiger partial charge in [-0.1, -0.05) is 6.07 Å². The van der Waals surface area contributed by atoms with Crippen molar-refractivity contribution in [1.82, 2.24) is 9.78 Å². The van der Waals surface area contributed by atoms with Crippen molar-refractivity contribution in [2.75, 3.05) is 0 Å². The van der Waals surface area contributed by atoms with Crippen LogP contribution in [0.3, 0.4) is 0 Å². The first kappa shape index (κ1) is 8.87. The molecule has 4 heteroatoms. The Morgan fingerprint density at radius 3 is 2.71 bits per heavy atom. The Labute approximate surface area is 80.8 Å². The van der Waals surface area contributed by atoms with E-state index in [9.17, 15) is 9.90 Å². The first-order valence-corrected chi connectivity index (χ1v) is 4.53. The fourth-order valence-corrected chi connectivity index (χ4v) is 1.50. The normalized spacial score (nSPS) is 11.4. The molecule has 1 aromatic carbocycles. The molecule has 0 spiro atoms. The molecular formula is C10H12N2O2. The van der Waals surface area contributed by atoms with E-state index in [0.717, 1.165) is 0 Å². The van der Waals surface area contributed by atoms with Gasteiger partial charge < -0.3 is 5.11 Å². The standard InChI is InChI=1S/C10H12N2O2/c1-6(2)12-10(14)7-4-3-5-8(13)9(7)11-12/h3-6,11,13H,1-2H3. The summed E-state index contributed by atoms with van der Waals surface area (Å²) in [6.45, 7) is 3.82. The maximum atomic E-state index is 11.7. The quantitative estimate of drug-likeness (QED) is 0.721. The van der Waals surface area contributed by atoms with Crippen LogP contribution in [0.15, 0.2) is 23.0 Å². The Kier molecular flexibility index (Phi) is 1.84. The van der Waals surface area contributed by atoms with Gasteiger partial charge in [0.1, 0.15) is 11.3 Å². The van der Waals surface area contributed by atoms with E-state index < -0.39 is 0 Å². The maximum absolute atomic E-state index is 11.7. The number of aromatic nitrogens is 2. The van der Waals surface area contributed by atoms with Gasteiger partial charge in [-0.05, 0) is 26.0 Å². The lowest BCUT2D eigenvalue weighted by Gasteiger charge is -2.03.